The summed E-state index contributed by atoms with van der Waals surface area (Å²) in [5.74, 6) is 0.974. The third-order valence-electron chi connectivity index (χ3n) is 4.82. The van der Waals surface area contributed by atoms with Crippen LogP contribution < -0.4 is 10.2 Å². The molecule has 0 spiro atoms. The third kappa shape index (κ3) is 3.37. The molecule has 4 rings (SSSR count). The van der Waals surface area contributed by atoms with E-state index in [4.69, 9.17) is 9.15 Å². The first-order valence-corrected chi connectivity index (χ1v) is 10.3. The van der Waals surface area contributed by atoms with E-state index in [9.17, 15) is 9.59 Å². The zero-order chi connectivity index (χ0) is 19.7. The maximum Gasteiger partial charge on any atom is 0.289 e. The topological polar surface area (TPSA) is 90.5 Å². The predicted molar refractivity (Wildman–Crippen MR) is 106 cm³/mol. The Morgan fingerprint density at radius 3 is 3.07 bits per heavy atom. The number of methoxy groups -OCH3 is 1. The van der Waals surface area contributed by atoms with Crippen LogP contribution in [0.4, 0.5) is 0 Å². The molecule has 1 saturated heterocycles. The Labute approximate surface area is 165 Å². The third-order valence-corrected chi connectivity index (χ3v) is 5.41. The van der Waals surface area contributed by atoms with E-state index in [2.05, 4.69) is 10.3 Å². The van der Waals surface area contributed by atoms with Crippen LogP contribution in [-0.2, 0) is 5.75 Å². The van der Waals surface area contributed by atoms with Crippen LogP contribution in [0.2, 0.25) is 0 Å². The van der Waals surface area contributed by atoms with Gasteiger partial charge in [0.2, 0.25) is 0 Å². The number of fused-ring (bicyclic) bond motifs is 1. The van der Waals surface area contributed by atoms with Crippen LogP contribution in [0.1, 0.15) is 28.7 Å². The number of nitrogens with zero attached hydrogens (tertiary/aromatic N) is 4. The Kier molecular flexibility index (Phi) is 5.08. The van der Waals surface area contributed by atoms with Crippen molar-refractivity contribution in [3.8, 4) is 5.75 Å². The molecule has 28 heavy (non-hydrogen) atoms. The molecular weight excluding hydrogens is 380 g/mol. The van der Waals surface area contributed by atoms with E-state index in [1.165, 1.54) is 13.2 Å². The van der Waals surface area contributed by atoms with E-state index < -0.39 is 0 Å². The number of likely N-dealkylation sites (tertiary alicyclic amines) is 1. The van der Waals surface area contributed by atoms with Gasteiger partial charge in [0.25, 0.3) is 5.91 Å². The van der Waals surface area contributed by atoms with Gasteiger partial charge >= 0.3 is 0 Å². The molecular formula is C19H20N4O4S. The van der Waals surface area contributed by atoms with Crippen molar-refractivity contribution in [2.24, 2.45) is 0 Å². The predicted octanol–water partition coefficient (Wildman–Crippen LogP) is 2.34. The molecule has 0 unspecified atom stereocenters. The lowest BCUT2D eigenvalue weighted by molar-refractivity contribution is 0.0756. The molecule has 1 fully saturated rings. The van der Waals surface area contributed by atoms with E-state index in [1.54, 1.807) is 34.9 Å². The van der Waals surface area contributed by atoms with Crippen LogP contribution in [-0.4, -0.2) is 52.3 Å². The van der Waals surface area contributed by atoms with E-state index in [-0.39, 0.29) is 23.1 Å². The number of rotatable bonds is 5. The summed E-state index contributed by atoms with van der Waals surface area (Å²) in [4.78, 5) is 27.1. The van der Waals surface area contributed by atoms with Gasteiger partial charge in [0.1, 0.15) is 16.7 Å². The molecule has 1 aliphatic heterocycles. The van der Waals surface area contributed by atoms with Crippen molar-refractivity contribution in [2.45, 2.75) is 18.2 Å². The number of amides is 1. The average Bonchev–Trinajstić information content (AvgIpc) is 3.36. The number of ether oxygens (including phenoxy) is 1. The van der Waals surface area contributed by atoms with Gasteiger partial charge in [-0.25, -0.2) is 4.68 Å². The van der Waals surface area contributed by atoms with Crippen LogP contribution in [0, 0.1) is 0 Å². The molecule has 0 bridgehead atoms. The summed E-state index contributed by atoms with van der Waals surface area (Å²) >= 11 is 1.69. The van der Waals surface area contributed by atoms with Gasteiger partial charge in [-0.3, -0.25) is 9.59 Å². The first-order chi connectivity index (χ1) is 13.6. The molecule has 1 amide bonds. The number of hydrogen-bond donors (Lipinski definition) is 0. The second-order valence-electron chi connectivity index (χ2n) is 6.62. The largest absolute Gasteiger partial charge is 0.496 e. The fraction of sp³-hybridized carbons (Fsp3) is 0.368. The molecule has 0 saturated carbocycles. The lowest BCUT2D eigenvalue weighted by Gasteiger charge is -2.16. The van der Waals surface area contributed by atoms with Crippen molar-refractivity contribution in [3.63, 3.8) is 0 Å². The molecule has 146 valence electrons. The summed E-state index contributed by atoms with van der Waals surface area (Å²) in [7, 11) is 1.49. The zero-order valence-corrected chi connectivity index (χ0v) is 16.4. The van der Waals surface area contributed by atoms with Crippen LogP contribution >= 0.6 is 11.8 Å². The summed E-state index contributed by atoms with van der Waals surface area (Å²) in [6.45, 7) is 1.07. The maximum absolute atomic E-state index is 12.9. The second kappa shape index (κ2) is 7.67. The summed E-state index contributed by atoms with van der Waals surface area (Å²) in [5.41, 5.74) is 0.964. The minimum atomic E-state index is -0.297. The summed E-state index contributed by atoms with van der Waals surface area (Å²) in [6.07, 6.45) is 4.72. The van der Waals surface area contributed by atoms with Gasteiger partial charge in [0, 0.05) is 31.1 Å². The Hall–Kier alpha value is -2.81. The Morgan fingerprint density at radius 2 is 2.29 bits per heavy atom. The van der Waals surface area contributed by atoms with Gasteiger partial charge < -0.3 is 14.1 Å². The number of hydrogen-bond acceptors (Lipinski definition) is 7. The van der Waals surface area contributed by atoms with E-state index in [1.807, 2.05) is 17.1 Å². The van der Waals surface area contributed by atoms with Crippen molar-refractivity contribution in [1.82, 2.24) is 19.9 Å². The Bertz CT molecular complexity index is 1080. The lowest BCUT2D eigenvalue weighted by Crippen LogP contribution is -2.30. The number of aromatic nitrogens is 3. The summed E-state index contributed by atoms with van der Waals surface area (Å²) in [6, 6.07) is 6.38. The number of benzene rings is 1. The van der Waals surface area contributed by atoms with Gasteiger partial charge in [-0.15, -0.1) is 5.10 Å². The molecule has 2 aromatic heterocycles. The minimum absolute atomic E-state index is 0.0352. The van der Waals surface area contributed by atoms with Gasteiger partial charge in [0.05, 0.1) is 18.8 Å². The molecule has 1 aliphatic rings. The number of carbonyl (C=O) groups excluding carboxylic acids is 1. The van der Waals surface area contributed by atoms with Gasteiger partial charge in [-0.1, -0.05) is 11.3 Å². The molecule has 0 aliphatic carbocycles. The van der Waals surface area contributed by atoms with Crippen molar-refractivity contribution in [3.05, 3.63) is 52.1 Å². The smallest absolute Gasteiger partial charge is 0.289 e. The highest BCUT2D eigenvalue weighted by Gasteiger charge is 2.30. The first-order valence-electron chi connectivity index (χ1n) is 8.90. The van der Waals surface area contributed by atoms with Crippen LogP contribution in [0.5, 0.6) is 5.75 Å². The Morgan fingerprint density at radius 1 is 1.43 bits per heavy atom. The highest BCUT2D eigenvalue weighted by molar-refractivity contribution is 7.97. The fourth-order valence-electron chi connectivity index (χ4n) is 3.46. The highest BCUT2D eigenvalue weighted by atomic mass is 32.2. The molecule has 1 aromatic carbocycles. The molecule has 9 heteroatoms. The SMILES string of the molecule is COc1cccc2oc(C(=O)N3CC[C@H](n4cc(CSC)nn4)C3)cc(=O)c12. The molecule has 8 nitrogen and oxygen atoms in total. The molecule has 3 aromatic rings. The molecule has 0 radical (unpaired) electrons. The van der Waals surface area contributed by atoms with Gasteiger partial charge in [-0.05, 0) is 24.8 Å². The zero-order valence-electron chi connectivity index (χ0n) is 15.6. The number of thioether (sulfide) groups is 1. The van der Waals surface area contributed by atoms with E-state index in [0.29, 0.717) is 29.8 Å². The average molecular weight is 400 g/mol. The van der Waals surface area contributed by atoms with Crippen molar-refractivity contribution in [2.75, 3.05) is 26.5 Å². The first kappa shape index (κ1) is 18.5. The molecule has 1 atom stereocenters. The number of carbonyl (C=O) groups is 1. The second-order valence-corrected chi connectivity index (χ2v) is 7.49. The lowest BCUT2D eigenvalue weighted by atomic mass is 10.2. The Balaban J connectivity index is 1.56. The molecule has 3 heterocycles. The maximum atomic E-state index is 12.9. The van der Waals surface area contributed by atoms with Crippen molar-refractivity contribution in [1.29, 1.82) is 0 Å². The summed E-state index contributed by atoms with van der Waals surface area (Å²) in [5, 5.41) is 8.68. The van der Waals surface area contributed by atoms with Crippen molar-refractivity contribution < 1.29 is 13.9 Å². The van der Waals surface area contributed by atoms with Crippen LogP contribution in [0.15, 0.2) is 39.7 Å². The fourth-order valence-corrected chi connectivity index (χ4v) is 3.89. The standard InChI is InChI=1S/C19H20N4O4S/c1-26-15-4-3-5-16-18(15)14(24)8-17(27-16)19(25)22-7-6-13(10-22)23-9-12(11-28-2)20-21-23/h3-5,8-9,13H,6-7,10-11H2,1-2H3/t13-/m0/s1. The van der Waals surface area contributed by atoms with Gasteiger partial charge in [-0.2, -0.15) is 11.8 Å². The van der Waals surface area contributed by atoms with E-state index in [0.717, 1.165) is 17.9 Å². The molecule has 0 N–H and O–H groups in total. The quantitative estimate of drug-likeness (QED) is 0.649. The summed E-state index contributed by atoms with van der Waals surface area (Å²) < 4.78 is 12.8. The minimum Gasteiger partial charge on any atom is -0.496 e. The van der Waals surface area contributed by atoms with Crippen molar-refractivity contribution >= 4 is 28.6 Å². The van der Waals surface area contributed by atoms with Crippen LogP contribution in [0.3, 0.4) is 0 Å². The van der Waals surface area contributed by atoms with E-state index >= 15 is 0 Å². The monoisotopic (exact) mass is 400 g/mol. The normalized spacial score (nSPS) is 16.6. The highest BCUT2D eigenvalue weighted by Crippen LogP contribution is 2.26. The van der Waals surface area contributed by atoms with Crippen LogP contribution in [0.25, 0.3) is 11.0 Å². The van der Waals surface area contributed by atoms with Gasteiger partial charge in [0.15, 0.2) is 11.2 Å².